The second-order valence-electron chi connectivity index (χ2n) is 8.27. The van der Waals surface area contributed by atoms with Crippen LogP contribution in [0.5, 0.6) is 0 Å². The molecule has 2 aromatic heterocycles. The molecule has 160 valence electrons. The zero-order valence-corrected chi connectivity index (χ0v) is 19.2. The van der Waals surface area contributed by atoms with Crippen LogP contribution in [0.1, 0.15) is 42.1 Å². The fourth-order valence-electron chi connectivity index (χ4n) is 3.51. The van der Waals surface area contributed by atoms with Crippen molar-refractivity contribution in [3.05, 3.63) is 56.4 Å². The van der Waals surface area contributed by atoms with Gasteiger partial charge in [-0.1, -0.05) is 38.0 Å². The standard InChI is InChI=1S/C23H30N4O2S/c1-6-14(2)11-18-16(4)30-23-21(18)22(29)25-19(26-23)12-27(5)13-20(28)24-17-9-7-15(3)8-10-17/h7-10,14H,6,11-13H2,1-5H3,(H,24,28)(H,25,26,29)/p+1/t14-/m1/s1. The maximum Gasteiger partial charge on any atom is 0.279 e. The van der Waals surface area contributed by atoms with E-state index in [9.17, 15) is 9.59 Å². The molecule has 0 bridgehead atoms. The number of fused-ring (bicyclic) bond motifs is 1. The predicted octanol–water partition coefficient (Wildman–Crippen LogP) is 2.84. The molecule has 0 aliphatic carbocycles. The second kappa shape index (κ2) is 9.53. The molecule has 30 heavy (non-hydrogen) atoms. The third kappa shape index (κ3) is 5.34. The second-order valence-corrected chi connectivity index (χ2v) is 9.48. The third-order valence-corrected chi connectivity index (χ3v) is 6.47. The fourth-order valence-corrected chi connectivity index (χ4v) is 4.58. The molecule has 0 aliphatic heterocycles. The molecule has 1 aromatic carbocycles. The lowest BCUT2D eigenvalue weighted by Gasteiger charge is -2.13. The highest BCUT2D eigenvalue weighted by atomic mass is 32.1. The summed E-state index contributed by atoms with van der Waals surface area (Å²) in [6, 6.07) is 7.72. The van der Waals surface area contributed by atoms with Gasteiger partial charge in [0.1, 0.15) is 11.4 Å². The summed E-state index contributed by atoms with van der Waals surface area (Å²) in [7, 11) is 1.92. The zero-order valence-electron chi connectivity index (χ0n) is 18.4. The average Bonchev–Trinajstić information content (AvgIpc) is 2.98. The molecule has 0 spiro atoms. The van der Waals surface area contributed by atoms with Crippen molar-refractivity contribution in [2.75, 3.05) is 18.9 Å². The molecule has 0 aliphatic rings. The summed E-state index contributed by atoms with van der Waals surface area (Å²) in [6.07, 6.45) is 1.98. The molecule has 0 radical (unpaired) electrons. The van der Waals surface area contributed by atoms with Crippen LogP contribution < -0.4 is 15.8 Å². The van der Waals surface area contributed by atoms with Crippen molar-refractivity contribution in [2.24, 2.45) is 5.92 Å². The van der Waals surface area contributed by atoms with E-state index in [-0.39, 0.29) is 11.5 Å². The molecule has 2 atom stereocenters. The number of nitrogens with one attached hydrogen (secondary N) is 3. The number of amides is 1. The first-order valence-electron chi connectivity index (χ1n) is 10.5. The topological polar surface area (TPSA) is 79.3 Å². The van der Waals surface area contributed by atoms with E-state index in [4.69, 9.17) is 4.98 Å². The Morgan fingerprint density at radius 3 is 2.63 bits per heavy atom. The van der Waals surface area contributed by atoms with Gasteiger partial charge in [-0.2, -0.15) is 0 Å². The maximum absolute atomic E-state index is 12.8. The van der Waals surface area contributed by atoms with Gasteiger partial charge in [-0.05, 0) is 43.9 Å². The van der Waals surface area contributed by atoms with E-state index in [1.807, 2.05) is 38.2 Å². The number of benzene rings is 1. The molecule has 3 N–H and O–H groups in total. The molecule has 0 fully saturated rings. The number of aromatic amines is 1. The van der Waals surface area contributed by atoms with Gasteiger partial charge < -0.3 is 15.2 Å². The number of likely N-dealkylation sites (N-methyl/N-ethyl adjacent to an activating group) is 1. The lowest BCUT2D eigenvalue weighted by Crippen LogP contribution is -3.08. The van der Waals surface area contributed by atoms with Gasteiger partial charge >= 0.3 is 0 Å². The molecule has 0 saturated heterocycles. The van der Waals surface area contributed by atoms with Crippen LogP contribution in [0.4, 0.5) is 5.69 Å². The number of quaternary nitrogens is 1. The van der Waals surface area contributed by atoms with Gasteiger partial charge in [0.25, 0.3) is 11.5 Å². The van der Waals surface area contributed by atoms with E-state index < -0.39 is 0 Å². The number of nitrogens with zero attached hydrogens (tertiary/aromatic N) is 1. The Hall–Kier alpha value is -2.51. The van der Waals surface area contributed by atoms with E-state index in [0.29, 0.717) is 24.8 Å². The summed E-state index contributed by atoms with van der Waals surface area (Å²) in [5, 5.41) is 3.64. The lowest BCUT2D eigenvalue weighted by molar-refractivity contribution is -0.885. The quantitative estimate of drug-likeness (QED) is 0.517. The monoisotopic (exact) mass is 427 g/mol. The lowest BCUT2D eigenvalue weighted by atomic mass is 9.98. The van der Waals surface area contributed by atoms with Crippen LogP contribution in [-0.2, 0) is 17.8 Å². The van der Waals surface area contributed by atoms with E-state index in [1.54, 1.807) is 11.3 Å². The molecule has 3 rings (SSSR count). The first kappa shape index (κ1) is 22.2. The number of rotatable bonds is 8. The minimum Gasteiger partial charge on any atom is -0.323 e. The molecule has 1 unspecified atom stereocenters. The summed E-state index contributed by atoms with van der Waals surface area (Å²) in [5.41, 5.74) is 2.99. The van der Waals surface area contributed by atoms with Crippen LogP contribution in [0.2, 0.25) is 0 Å². The van der Waals surface area contributed by atoms with E-state index in [1.165, 1.54) is 4.88 Å². The summed E-state index contributed by atoms with van der Waals surface area (Å²) in [4.78, 5) is 35.7. The Morgan fingerprint density at radius 1 is 1.27 bits per heavy atom. The van der Waals surface area contributed by atoms with Gasteiger partial charge in [-0.3, -0.25) is 9.59 Å². The SMILES string of the molecule is CC[C@@H](C)Cc1c(C)sc2nc(C[NH+](C)CC(=O)Nc3ccc(C)cc3)[nH]c(=O)c12. The molecule has 2 heterocycles. The van der Waals surface area contributed by atoms with E-state index >= 15 is 0 Å². The number of aromatic nitrogens is 2. The van der Waals surface area contributed by atoms with Crippen molar-refractivity contribution in [3.8, 4) is 0 Å². The Morgan fingerprint density at radius 2 is 1.97 bits per heavy atom. The number of anilines is 1. The third-order valence-electron chi connectivity index (χ3n) is 5.43. The molecule has 0 saturated carbocycles. The highest BCUT2D eigenvalue weighted by molar-refractivity contribution is 7.18. The molecule has 7 heteroatoms. The summed E-state index contributed by atoms with van der Waals surface area (Å²) >= 11 is 1.58. The largest absolute Gasteiger partial charge is 0.323 e. The normalized spacial score (nSPS) is 13.4. The molecular weight excluding hydrogens is 396 g/mol. The fraction of sp³-hybridized carbons (Fsp3) is 0.435. The highest BCUT2D eigenvalue weighted by Gasteiger charge is 2.18. The van der Waals surface area contributed by atoms with E-state index in [0.717, 1.165) is 44.8 Å². The van der Waals surface area contributed by atoms with Crippen molar-refractivity contribution in [1.82, 2.24) is 9.97 Å². The van der Waals surface area contributed by atoms with Crippen LogP contribution in [0.3, 0.4) is 0 Å². The van der Waals surface area contributed by atoms with Gasteiger partial charge in [-0.25, -0.2) is 4.98 Å². The van der Waals surface area contributed by atoms with Crippen molar-refractivity contribution in [1.29, 1.82) is 0 Å². The number of thiophene rings is 1. The van der Waals surface area contributed by atoms with Gasteiger partial charge in [0.15, 0.2) is 12.4 Å². The van der Waals surface area contributed by atoms with Crippen LogP contribution in [0.25, 0.3) is 10.2 Å². The Labute approximate surface area is 181 Å². The molecule has 6 nitrogen and oxygen atoms in total. The number of aryl methyl sites for hydroxylation is 2. The Bertz CT molecular complexity index is 1090. The minimum absolute atomic E-state index is 0.0671. The summed E-state index contributed by atoms with van der Waals surface area (Å²) < 4.78 is 0. The van der Waals surface area contributed by atoms with Crippen LogP contribution in [0.15, 0.2) is 29.1 Å². The smallest absolute Gasteiger partial charge is 0.279 e. The van der Waals surface area contributed by atoms with Gasteiger partial charge in [0, 0.05) is 10.6 Å². The van der Waals surface area contributed by atoms with Gasteiger partial charge in [0.05, 0.1) is 12.4 Å². The van der Waals surface area contributed by atoms with Gasteiger partial charge in [0.2, 0.25) is 0 Å². The summed E-state index contributed by atoms with van der Waals surface area (Å²) in [5.74, 6) is 1.08. The number of H-pyrrole nitrogens is 1. The van der Waals surface area contributed by atoms with Crippen LogP contribution >= 0.6 is 11.3 Å². The van der Waals surface area contributed by atoms with Crippen molar-refractivity contribution in [2.45, 2.75) is 47.1 Å². The number of carbonyl (C=O) groups excluding carboxylic acids is 1. The molecule has 3 aromatic rings. The van der Waals surface area contributed by atoms with Crippen molar-refractivity contribution < 1.29 is 9.69 Å². The molecular formula is C23H31N4O2S+. The van der Waals surface area contributed by atoms with Crippen molar-refractivity contribution >= 4 is 33.1 Å². The maximum atomic E-state index is 12.8. The van der Waals surface area contributed by atoms with Crippen LogP contribution in [0, 0.1) is 19.8 Å². The van der Waals surface area contributed by atoms with E-state index in [2.05, 4.69) is 31.1 Å². The van der Waals surface area contributed by atoms with Crippen molar-refractivity contribution in [3.63, 3.8) is 0 Å². The molecule has 1 amide bonds. The number of hydrogen-bond acceptors (Lipinski definition) is 4. The highest BCUT2D eigenvalue weighted by Crippen LogP contribution is 2.29. The first-order valence-corrected chi connectivity index (χ1v) is 11.3. The number of hydrogen-bond donors (Lipinski definition) is 3. The number of carbonyl (C=O) groups is 1. The first-order chi connectivity index (χ1) is 14.3. The summed E-state index contributed by atoms with van der Waals surface area (Å²) in [6.45, 7) is 9.22. The zero-order chi connectivity index (χ0) is 21.8. The Kier molecular flexibility index (Phi) is 7.05. The van der Waals surface area contributed by atoms with Crippen LogP contribution in [-0.4, -0.2) is 29.5 Å². The predicted molar refractivity (Wildman–Crippen MR) is 123 cm³/mol. The van der Waals surface area contributed by atoms with Gasteiger partial charge in [-0.15, -0.1) is 11.3 Å². The Balaban J connectivity index is 1.70. The minimum atomic E-state index is -0.0745. The average molecular weight is 428 g/mol.